The number of nitrogens with one attached hydrogen (secondary N) is 2. The molecule has 1 atom stereocenters. The number of nitrogens with two attached hydrogens (primary N) is 1. The van der Waals surface area contributed by atoms with Gasteiger partial charge in [0.15, 0.2) is 5.13 Å². The summed E-state index contributed by atoms with van der Waals surface area (Å²) in [7, 11) is 0. The van der Waals surface area contributed by atoms with Crippen molar-refractivity contribution in [2.24, 2.45) is 0 Å². The van der Waals surface area contributed by atoms with Crippen LogP contribution in [0.3, 0.4) is 0 Å². The molecular weight excluding hydrogens is 240 g/mol. The molecule has 0 aliphatic carbocycles. The molecule has 5 N–H and O–H groups in total. The third-order valence-electron chi connectivity index (χ3n) is 1.92. The van der Waals surface area contributed by atoms with Crippen molar-refractivity contribution >= 4 is 28.2 Å². The normalized spacial score (nSPS) is 12.5. The molecule has 0 aromatic carbocycles. The summed E-state index contributed by atoms with van der Waals surface area (Å²) in [5, 5.41) is 15.2. The fourth-order valence-corrected chi connectivity index (χ4v) is 2.07. The maximum absolute atomic E-state index is 11.8. The van der Waals surface area contributed by atoms with Gasteiger partial charge in [0.25, 0.3) is 5.91 Å². The van der Waals surface area contributed by atoms with Crippen LogP contribution >= 0.6 is 11.3 Å². The first-order valence-electron chi connectivity index (χ1n) is 5.38. The highest BCUT2D eigenvalue weighted by Crippen LogP contribution is 2.25. The van der Waals surface area contributed by atoms with Crippen LogP contribution in [0.25, 0.3) is 0 Å². The summed E-state index contributed by atoms with van der Waals surface area (Å²) >= 11 is 1.21. The molecule has 17 heavy (non-hydrogen) atoms. The van der Waals surface area contributed by atoms with Crippen LogP contribution in [0.2, 0.25) is 0 Å². The van der Waals surface area contributed by atoms with Gasteiger partial charge in [-0.1, -0.05) is 11.3 Å². The summed E-state index contributed by atoms with van der Waals surface area (Å²) in [6, 6.07) is -0.0710. The van der Waals surface area contributed by atoms with Crippen molar-refractivity contribution in [2.75, 3.05) is 17.7 Å². The molecule has 7 heteroatoms. The Balaban J connectivity index is 2.76. The number of aromatic nitrogens is 1. The standard InChI is InChI=1S/C10H18N4O2S/c1-5(2)12-10-14-8(11)7(17-10)9(16)13-6(3)4-15/h5-6,15H,4,11H2,1-3H3,(H,12,14)(H,13,16). The molecule has 1 aromatic heterocycles. The van der Waals surface area contributed by atoms with E-state index in [9.17, 15) is 4.79 Å². The van der Waals surface area contributed by atoms with Crippen LogP contribution in [0.1, 0.15) is 30.4 Å². The van der Waals surface area contributed by atoms with Crippen molar-refractivity contribution in [1.29, 1.82) is 0 Å². The summed E-state index contributed by atoms with van der Waals surface area (Å²) in [6.07, 6.45) is 0. The Kier molecular flexibility index (Phi) is 4.71. The molecule has 0 radical (unpaired) electrons. The summed E-state index contributed by atoms with van der Waals surface area (Å²) in [5.41, 5.74) is 5.67. The Morgan fingerprint density at radius 3 is 2.71 bits per heavy atom. The zero-order valence-electron chi connectivity index (χ0n) is 10.2. The first-order chi connectivity index (χ1) is 7.93. The monoisotopic (exact) mass is 258 g/mol. The van der Waals surface area contributed by atoms with Crippen LogP contribution in [-0.4, -0.2) is 34.7 Å². The summed E-state index contributed by atoms with van der Waals surface area (Å²) in [4.78, 5) is 16.2. The van der Waals surface area contributed by atoms with Crippen molar-refractivity contribution in [2.45, 2.75) is 32.9 Å². The first kappa shape index (κ1) is 13.7. The van der Waals surface area contributed by atoms with E-state index in [1.165, 1.54) is 11.3 Å². The molecule has 0 saturated heterocycles. The smallest absolute Gasteiger partial charge is 0.265 e. The van der Waals surface area contributed by atoms with Crippen LogP contribution in [0.5, 0.6) is 0 Å². The van der Waals surface area contributed by atoms with Gasteiger partial charge in [-0.3, -0.25) is 4.79 Å². The second kappa shape index (κ2) is 5.83. The zero-order valence-corrected chi connectivity index (χ0v) is 11.0. The third-order valence-corrected chi connectivity index (χ3v) is 2.92. The van der Waals surface area contributed by atoms with E-state index >= 15 is 0 Å². The molecule has 0 saturated carbocycles. The molecule has 1 unspecified atom stereocenters. The maximum atomic E-state index is 11.8. The van der Waals surface area contributed by atoms with Gasteiger partial charge in [0, 0.05) is 12.1 Å². The van der Waals surface area contributed by atoms with Crippen molar-refractivity contribution in [3.05, 3.63) is 4.88 Å². The quantitative estimate of drug-likeness (QED) is 0.621. The van der Waals surface area contributed by atoms with E-state index in [0.717, 1.165) is 0 Å². The number of aliphatic hydroxyl groups excluding tert-OH is 1. The zero-order chi connectivity index (χ0) is 13.0. The van der Waals surface area contributed by atoms with E-state index < -0.39 is 0 Å². The van der Waals surface area contributed by atoms with Gasteiger partial charge in [-0.2, -0.15) is 0 Å². The number of rotatable bonds is 5. The van der Waals surface area contributed by atoms with Gasteiger partial charge in [0.2, 0.25) is 0 Å². The molecule has 0 aliphatic heterocycles. The van der Waals surface area contributed by atoms with Crippen LogP contribution in [0, 0.1) is 0 Å². The molecule has 0 bridgehead atoms. The first-order valence-corrected chi connectivity index (χ1v) is 6.20. The molecule has 1 aromatic rings. The Hall–Kier alpha value is -1.34. The molecule has 0 aliphatic rings. The Morgan fingerprint density at radius 1 is 1.53 bits per heavy atom. The summed E-state index contributed by atoms with van der Waals surface area (Å²) in [5.74, 6) is -0.0980. The fourth-order valence-electron chi connectivity index (χ4n) is 1.14. The van der Waals surface area contributed by atoms with Gasteiger partial charge in [-0.05, 0) is 20.8 Å². The minimum absolute atomic E-state index is 0.110. The predicted molar refractivity (Wildman–Crippen MR) is 69.3 cm³/mol. The maximum Gasteiger partial charge on any atom is 0.265 e. The van der Waals surface area contributed by atoms with Crippen LogP contribution < -0.4 is 16.4 Å². The Bertz CT molecular complexity index is 392. The van der Waals surface area contributed by atoms with Crippen molar-refractivity contribution in [3.63, 3.8) is 0 Å². The van der Waals surface area contributed by atoms with E-state index in [1.54, 1.807) is 6.92 Å². The van der Waals surface area contributed by atoms with Crippen LogP contribution in [0.4, 0.5) is 10.9 Å². The van der Waals surface area contributed by atoms with Gasteiger partial charge in [-0.25, -0.2) is 4.98 Å². The van der Waals surface area contributed by atoms with E-state index in [4.69, 9.17) is 10.8 Å². The molecule has 1 amide bonds. The lowest BCUT2D eigenvalue weighted by molar-refractivity contribution is 0.0927. The van der Waals surface area contributed by atoms with Gasteiger partial charge >= 0.3 is 0 Å². The van der Waals surface area contributed by atoms with Crippen LogP contribution in [0.15, 0.2) is 0 Å². The van der Waals surface area contributed by atoms with Crippen molar-refractivity contribution in [3.8, 4) is 0 Å². The number of anilines is 2. The lowest BCUT2D eigenvalue weighted by atomic mass is 10.3. The lowest BCUT2D eigenvalue weighted by Crippen LogP contribution is -2.34. The van der Waals surface area contributed by atoms with E-state index in [1.807, 2.05) is 13.8 Å². The van der Waals surface area contributed by atoms with Gasteiger partial charge in [0.05, 0.1) is 6.61 Å². The number of hydrogen-bond donors (Lipinski definition) is 4. The topological polar surface area (TPSA) is 100 Å². The number of carbonyl (C=O) groups excluding carboxylic acids is 1. The predicted octanol–water partition coefficient (Wildman–Crippen LogP) is 0.656. The van der Waals surface area contributed by atoms with Crippen LogP contribution in [-0.2, 0) is 0 Å². The second-order valence-electron chi connectivity index (χ2n) is 4.09. The lowest BCUT2D eigenvalue weighted by Gasteiger charge is -2.09. The van der Waals surface area contributed by atoms with Crippen molar-refractivity contribution < 1.29 is 9.90 Å². The highest BCUT2D eigenvalue weighted by Gasteiger charge is 2.17. The largest absolute Gasteiger partial charge is 0.394 e. The average molecular weight is 258 g/mol. The number of carbonyl (C=O) groups is 1. The van der Waals surface area contributed by atoms with Gasteiger partial charge in [0.1, 0.15) is 10.7 Å². The van der Waals surface area contributed by atoms with E-state index in [-0.39, 0.29) is 30.4 Å². The molecular formula is C10H18N4O2S. The van der Waals surface area contributed by atoms with E-state index in [2.05, 4.69) is 15.6 Å². The Labute approximate surface area is 104 Å². The minimum Gasteiger partial charge on any atom is -0.394 e. The average Bonchev–Trinajstić information content (AvgIpc) is 2.58. The Morgan fingerprint density at radius 2 is 2.18 bits per heavy atom. The summed E-state index contributed by atoms with van der Waals surface area (Å²) < 4.78 is 0. The molecule has 0 spiro atoms. The molecule has 96 valence electrons. The number of nitrogens with zero attached hydrogens (tertiary/aromatic N) is 1. The molecule has 0 fully saturated rings. The molecule has 6 nitrogen and oxygen atoms in total. The highest BCUT2D eigenvalue weighted by molar-refractivity contribution is 7.18. The molecule has 1 rings (SSSR count). The van der Waals surface area contributed by atoms with E-state index in [0.29, 0.717) is 10.0 Å². The van der Waals surface area contributed by atoms with Crippen molar-refractivity contribution in [1.82, 2.24) is 10.3 Å². The third kappa shape index (κ3) is 3.86. The highest BCUT2D eigenvalue weighted by atomic mass is 32.1. The number of amides is 1. The van der Waals surface area contributed by atoms with Gasteiger partial charge in [-0.15, -0.1) is 0 Å². The summed E-state index contributed by atoms with van der Waals surface area (Å²) in [6.45, 7) is 5.56. The number of aliphatic hydroxyl groups is 1. The van der Waals surface area contributed by atoms with Gasteiger partial charge < -0.3 is 21.5 Å². The second-order valence-corrected chi connectivity index (χ2v) is 5.09. The molecule has 1 heterocycles. The number of hydrogen-bond acceptors (Lipinski definition) is 6. The fraction of sp³-hybridized carbons (Fsp3) is 0.600. The number of thiazole rings is 1. The minimum atomic E-state index is -0.307. The SMILES string of the molecule is CC(C)Nc1nc(N)c(C(=O)NC(C)CO)s1. The number of nitrogen functional groups attached to an aromatic ring is 1.